The fourth-order valence-electron chi connectivity index (χ4n) is 1.48. The molecule has 1 rings (SSSR count). The van der Waals surface area contributed by atoms with E-state index in [4.69, 9.17) is 10.2 Å². The lowest BCUT2D eigenvalue weighted by molar-refractivity contribution is 0.265. The summed E-state index contributed by atoms with van der Waals surface area (Å²) in [5.74, 6) is 1.40. The van der Waals surface area contributed by atoms with E-state index in [9.17, 15) is 0 Å². The smallest absolute Gasteiger partial charge is 0.188 e. The lowest BCUT2D eigenvalue weighted by Crippen LogP contribution is -2.33. The predicted molar refractivity (Wildman–Crippen MR) is 69.9 cm³/mol. The first kappa shape index (κ1) is 13.6. The van der Waals surface area contributed by atoms with Crippen LogP contribution in [0, 0.1) is 0 Å². The molecular weight excluding hydrogens is 216 g/mol. The summed E-state index contributed by atoms with van der Waals surface area (Å²) in [6, 6.07) is 3.95. The van der Waals surface area contributed by atoms with E-state index < -0.39 is 0 Å². The highest BCUT2D eigenvalue weighted by Crippen LogP contribution is 2.18. The second-order valence-corrected chi connectivity index (χ2v) is 4.15. The van der Waals surface area contributed by atoms with Crippen molar-refractivity contribution in [1.29, 1.82) is 0 Å². The Morgan fingerprint density at radius 2 is 2.35 bits per heavy atom. The van der Waals surface area contributed by atoms with Gasteiger partial charge in [-0.25, -0.2) is 0 Å². The monoisotopic (exact) mass is 238 g/mol. The third kappa shape index (κ3) is 4.48. The molecule has 0 aliphatic heterocycles. The number of likely N-dealkylation sites (N-methyl/N-ethyl adjacent to an activating group) is 1. The van der Waals surface area contributed by atoms with Crippen molar-refractivity contribution in [3.05, 3.63) is 24.2 Å². The Labute approximate surface area is 103 Å². The quantitative estimate of drug-likeness (QED) is 0.577. The van der Waals surface area contributed by atoms with Gasteiger partial charge in [-0.1, -0.05) is 6.92 Å². The number of hydrogen-bond donors (Lipinski definition) is 2. The highest BCUT2D eigenvalue weighted by atomic mass is 16.3. The van der Waals surface area contributed by atoms with Crippen LogP contribution in [-0.2, 0) is 0 Å². The summed E-state index contributed by atoms with van der Waals surface area (Å²) in [6.07, 6.45) is 2.71. The van der Waals surface area contributed by atoms with Crippen LogP contribution in [0.5, 0.6) is 0 Å². The first-order chi connectivity index (χ1) is 8.15. The molecule has 1 atom stereocenters. The van der Waals surface area contributed by atoms with Gasteiger partial charge in [-0.15, -0.1) is 0 Å². The highest BCUT2D eigenvalue weighted by molar-refractivity contribution is 5.77. The van der Waals surface area contributed by atoms with Crippen LogP contribution in [0.4, 0.5) is 0 Å². The lowest BCUT2D eigenvalue weighted by Gasteiger charge is -2.20. The summed E-state index contributed by atoms with van der Waals surface area (Å²) in [4.78, 5) is 6.39. The van der Waals surface area contributed by atoms with Gasteiger partial charge in [-0.2, -0.15) is 0 Å². The standard InChI is InChI=1S/C12H22N4O/c1-4-7-14-12(13)15-9-10(16(2)3)11-6-5-8-17-11/h5-6,8,10H,4,7,9H2,1-3H3,(H3,13,14,15). The summed E-state index contributed by atoms with van der Waals surface area (Å²) >= 11 is 0. The van der Waals surface area contributed by atoms with Gasteiger partial charge in [-0.05, 0) is 32.6 Å². The normalized spacial score (nSPS) is 14.0. The number of rotatable bonds is 6. The number of guanidine groups is 1. The SMILES string of the molecule is CCCNC(N)=NCC(c1ccco1)N(C)C. The van der Waals surface area contributed by atoms with Gasteiger partial charge in [0.2, 0.25) is 0 Å². The molecular formula is C12H22N4O. The van der Waals surface area contributed by atoms with Crippen molar-refractivity contribution < 1.29 is 4.42 Å². The predicted octanol–water partition coefficient (Wildman–Crippen LogP) is 1.20. The first-order valence-corrected chi connectivity index (χ1v) is 5.88. The van der Waals surface area contributed by atoms with Crippen LogP contribution in [0.25, 0.3) is 0 Å². The lowest BCUT2D eigenvalue weighted by atomic mass is 10.2. The Hall–Kier alpha value is -1.49. The van der Waals surface area contributed by atoms with Crippen LogP contribution in [-0.4, -0.2) is 38.0 Å². The number of nitrogens with one attached hydrogen (secondary N) is 1. The van der Waals surface area contributed by atoms with E-state index in [0.717, 1.165) is 18.7 Å². The molecule has 0 saturated carbocycles. The van der Waals surface area contributed by atoms with E-state index in [1.54, 1.807) is 6.26 Å². The van der Waals surface area contributed by atoms with E-state index >= 15 is 0 Å². The van der Waals surface area contributed by atoms with Crippen molar-refractivity contribution >= 4 is 5.96 Å². The maximum Gasteiger partial charge on any atom is 0.188 e. The Balaban J connectivity index is 2.56. The molecule has 5 nitrogen and oxygen atoms in total. The van der Waals surface area contributed by atoms with Gasteiger partial charge >= 0.3 is 0 Å². The van der Waals surface area contributed by atoms with Gasteiger partial charge in [0.25, 0.3) is 0 Å². The first-order valence-electron chi connectivity index (χ1n) is 5.88. The Bertz CT molecular complexity index is 332. The van der Waals surface area contributed by atoms with Crippen LogP contribution in [0.2, 0.25) is 0 Å². The minimum Gasteiger partial charge on any atom is -0.468 e. The zero-order chi connectivity index (χ0) is 12.7. The van der Waals surface area contributed by atoms with Crippen LogP contribution in [0.1, 0.15) is 25.1 Å². The van der Waals surface area contributed by atoms with Gasteiger partial charge in [0, 0.05) is 6.54 Å². The van der Waals surface area contributed by atoms with E-state index in [-0.39, 0.29) is 6.04 Å². The molecule has 0 aliphatic rings. The molecule has 1 aromatic heterocycles. The topological polar surface area (TPSA) is 66.8 Å². The molecule has 0 amide bonds. The van der Waals surface area contributed by atoms with Gasteiger partial charge in [0.15, 0.2) is 5.96 Å². The van der Waals surface area contributed by atoms with E-state index in [2.05, 4.69) is 22.1 Å². The summed E-state index contributed by atoms with van der Waals surface area (Å²) < 4.78 is 5.40. The van der Waals surface area contributed by atoms with E-state index in [1.165, 1.54) is 0 Å². The van der Waals surface area contributed by atoms with E-state index in [1.807, 2.05) is 26.2 Å². The molecule has 0 aliphatic carbocycles. The van der Waals surface area contributed by atoms with Crippen LogP contribution in [0.15, 0.2) is 27.8 Å². The molecule has 1 unspecified atom stereocenters. The molecule has 0 fully saturated rings. The molecule has 0 saturated heterocycles. The molecule has 0 bridgehead atoms. The molecule has 3 N–H and O–H groups in total. The van der Waals surface area contributed by atoms with Crippen molar-refractivity contribution in [2.45, 2.75) is 19.4 Å². The van der Waals surface area contributed by atoms with Crippen molar-refractivity contribution in [3.63, 3.8) is 0 Å². The molecule has 96 valence electrons. The van der Waals surface area contributed by atoms with Crippen molar-refractivity contribution in [2.75, 3.05) is 27.2 Å². The van der Waals surface area contributed by atoms with Gasteiger partial charge in [0.1, 0.15) is 5.76 Å². The maximum atomic E-state index is 5.75. The minimum absolute atomic E-state index is 0.118. The summed E-state index contributed by atoms with van der Waals surface area (Å²) in [7, 11) is 4.00. The van der Waals surface area contributed by atoms with Crippen LogP contribution >= 0.6 is 0 Å². The Kier molecular flexibility index (Phi) is 5.56. The highest BCUT2D eigenvalue weighted by Gasteiger charge is 2.16. The fraction of sp³-hybridized carbons (Fsp3) is 0.583. The second-order valence-electron chi connectivity index (χ2n) is 4.15. The third-order valence-corrected chi connectivity index (χ3v) is 2.49. The van der Waals surface area contributed by atoms with Crippen molar-refractivity contribution in [1.82, 2.24) is 10.2 Å². The minimum atomic E-state index is 0.118. The fourth-order valence-corrected chi connectivity index (χ4v) is 1.48. The van der Waals surface area contributed by atoms with Gasteiger partial charge in [0.05, 0.1) is 18.8 Å². The second kappa shape index (κ2) is 6.96. The van der Waals surface area contributed by atoms with E-state index in [0.29, 0.717) is 12.5 Å². The molecule has 0 spiro atoms. The average Bonchev–Trinajstić information content (AvgIpc) is 2.79. The largest absolute Gasteiger partial charge is 0.468 e. The molecule has 5 heteroatoms. The zero-order valence-corrected chi connectivity index (χ0v) is 10.8. The summed E-state index contributed by atoms with van der Waals surface area (Å²) in [5, 5.41) is 3.05. The number of nitrogens with zero attached hydrogens (tertiary/aromatic N) is 2. The van der Waals surface area contributed by atoms with Gasteiger partial charge in [-0.3, -0.25) is 9.89 Å². The van der Waals surface area contributed by atoms with Crippen LogP contribution < -0.4 is 11.1 Å². The maximum absolute atomic E-state index is 5.75. The average molecular weight is 238 g/mol. The zero-order valence-electron chi connectivity index (χ0n) is 10.8. The summed E-state index contributed by atoms with van der Waals surface area (Å²) in [5.41, 5.74) is 5.75. The van der Waals surface area contributed by atoms with Crippen molar-refractivity contribution in [2.24, 2.45) is 10.7 Å². The number of hydrogen-bond acceptors (Lipinski definition) is 3. The van der Waals surface area contributed by atoms with Gasteiger partial charge < -0.3 is 15.5 Å². The van der Waals surface area contributed by atoms with Crippen molar-refractivity contribution in [3.8, 4) is 0 Å². The number of nitrogens with two attached hydrogens (primary N) is 1. The van der Waals surface area contributed by atoms with Crippen LogP contribution in [0.3, 0.4) is 0 Å². The molecule has 1 aromatic rings. The Morgan fingerprint density at radius 1 is 1.59 bits per heavy atom. The molecule has 0 aromatic carbocycles. The Morgan fingerprint density at radius 3 is 2.88 bits per heavy atom. The molecule has 0 radical (unpaired) electrons. The summed E-state index contributed by atoms with van der Waals surface area (Å²) in [6.45, 7) is 3.53. The molecule has 17 heavy (non-hydrogen) atoms. The number of furan rings is 1. The molecule has 1 heterocycles. The third-order valence-electron chi connectivity index (χ3n) is 2.49. The number of aliphatic imine (C=N–C) groups is 1.